The summed E-state index contributed by atoms with van der Waals surface area (Å²) < 4.78 is 33.0. The van der Waals surface area contributed by atoms with Crippen LogP contribution in [0.2, 0.25) is 0 Å². The predicted molar refractivity (Wildman–Crippen MR) is 119 cm³/mol. The third-order valence-corrected chi connectivity index (χ3v) is 7.32. The van der Waals surface area contributed by atoms with E-state index in [1.807, 2.05) is 0 Å². The molecular weight excluding hydrogens is 478 g/mol. The largest absolute Gasteiger partial charge is 0.454 e. The number of nitrogens with zero attached hydrogens (tertiary/aromatic N) is 1. The van der Waals surface area contributed by atoms with Gasteiger partial charge in [-0.2, -0.15) is 0 Å². The van der Waals surface area contributed by atoms with Gasteiger partial charge >= 0.3 is 0 Å². The molecule has 0 saturated carbocycles. The molecule has 36 heavy (non-hydrogen) atoms. The zero-order valence-electron chi connectivity index (χ0n) is 20.1. The van der Waals surface area contributed by atoms with E-state index in [0.29, 0.717) is 17.9 Å². The highest BCUT2D eigenvalue weighted by molar-refractivity contribution is 5.90. The highest BCUT2D eigenvalue weighted by Crippen LogP contribution is 2.41. The molecule has 0 unspecified atom stereocenters. The molecule has 2 bridgehead atoms. The fraction of sp³-hybridized carbons (Fsp3) is 0.667. The second kappa shape index (κ2) is 10.2. The number of aliphatic hydroxyl groups is 3. The number of rotatable bonds is 5. The van der Waals surface area contributed by atoms with Crippen molar-refractivity contribution in [2.24, 2.45) is 0 Å². The van der Waals surface area contributed by atoms with Gasteiger partial charge in [0, 0.05) is 39.6 Å². The number of hydrogen-bond acceptors (Lipinski definition) is 11. The molecule has 1 aromatic rings. The van der Waals surface area contributed by atoms with Gasteiger partial charge in [0.25, 0.3) is 5.91 Å². The van der Waals surface area contributed by atoms with E-state index in [4.69, 9.17) is 28.4 Å². The Labute approximate surface area is 207 Å². The van der Waals surface area contributed by atoms with Gasteiger partial charge in [-0.05, 0) is 29.7 Å². The average Bonchev–Trinajstić information content (AvgIpc) is 3.24. The first-order chi connectivity index (χ1) is 17.3. The third kappa shape index (κ3) is 4.47. The Balaban J connectivity index is 1.42. The number of aliphatic hydroxyl groups excluding tert-OH is 3. The molecule has 0 spiro atoms. The van der Waals surface area contributed by atoms with E-state index in [0.717, 1.165) is 11.1 Å². The molecule has 4 aliphatic heterocycles. The van der Waals surface area contributed by atoms with E-state index in [-0.39, 0.29) is 38.7 Å². The van der Waals surface area contributed by atoms with Crippen molar-refractivity contribution >= 4 is 11.7 Å². The van der Waals surface area contributed by atoms with Crippen molar-refractivity contribution in [1.29, 1.82) is 0 Å². The van der Waals surface area contributed by atoms with Gasteiger partial charge in [0.1, 0.15) is 36.3 Å². The van der Waals surface area contributed by atoms with Gasteiger partial charge in [0.05, 0.1) is 6.61 Å². The maximum Gasteiger partial charge on any atom is 0.254 e. The fourth-order valence-electron chi connectivity index (χ4n) is 5.41. The van der Waals surface area contributed by atoms with E-state index in [1.165, 1.54) is 19.1 Å². The number of methoxy groups -OCH3 is 2. The topological polar surface area (TPSA) is 153 Å². The van der Waals surface area contributed by atoms with Crippen LogP contribution in [0, 0.1) is 0 Å². The average molecular weight is 510 g/mol. The minimum atomic E-state index is -1.68. The molecule has 1 aromatic carbocycles. The van der Waals surface area contributed by atoms with Crippen molar-refractivity contribution in [3.8, 4) is 11.5 Å². The number of carbonyl (C=O) groups is 2. The summed E-state index contributed by atoms with van der Waals surface area (Å²) >= 11 is 0. The lowest BCUT2D eigenvalue weighted by molar-refractivity contribution is -0.319. The maximum atomic E-state index is 13.5. The molecule has 2 fully saturated rings. The first kappa shape index (κ1) is 25.3. The minimum absolute atomic E-state index is 0.0377. The van der Waals surface area contributed by atoms with Crippen molar-refractivity contribution < 1.29 is 53.3 Å². The smallest absolute Gasteiger partial charge is 0.254 e. The van der Waals surface area contributed by atoms with Crippen LogP contribution in [0.25, 0.3) is 0 Å². The molecule has 12 nitrogen and oxygen atoms in total. The summed E-state index contributed by atoms with van der Waals surface area (Å²) in [7, 11) is 2.81. The standard InChI is InChI=1S/C24H31NO11/c1-31-9-18-22(32-2)20(28)21(29)24(36-18)35-17-7-14(26)12-3-4-25(23(30)19(17)27)8-11-5-15-16(6-13(11)12)34-10-33-15/h5-6,12,17-22,24,27-29H,3-4,7-10H2,1-2H3/t12-,17+,18+,19-,20+,21+,22+,24+/m0/s1. The van der Waals surface area contributed by atoms with Crippen molar-refractivity contribution in [2.75, 3.05) is 34.2 Å². The predicted octanol–water partition coefficient (Wildman–Crippen LogP) is -0.942. The van der Waals surface area contributed by atoms with Crippen LogP contribution < -0.4 is 9.47 Å². The molecule has 4 heterocycles. The Bertz CT molecular complexity index is 1000. The molecule has 198 valence electrons. The number of Topliss-reactive ketones (excluding diaryl/α,β-unsaturated/α-hetero) is 1. The molecule has 0 aliphatic carbocycles. The van der Waals surface area contributed by atoms with Crippen LogP contribution in [0.15, 0.2) is 12.1 Å². The van der Waals surface area contributed by atoms with Crippen molar-refractivity contribution in [1.82, 2.24) is 4.90 Å². The fourth-order valence-corrected chi connectivity index (χ4v) is 5.41. The number of ketones is 1. The number of fused-ring (bicyclic) bond motifs is 6. The molecule has 4 aliphatic rings. The second-order valence-corrected chi connectivity index (χ2v) is 9.47. The van der Waals surface area contributed by atoms with E-state index in [2.05, 4.69) is 0 Å². The third-order valence-electron chi connectivity index (χ3n) is 7.32. The maximum absolute atomic E-state index is 13.5. The van der Waals surface area contributed by atoms with Crippen LogP contribution in [0.3, 0.4) is 0 Å². The molecule has 12 heteroatoms. The van der Waals surface area contributed by atoms with Crippen molar-refractivity contribution in [3.63, 3.8) is 0 Å². The second-order valence-electron chi connectivity index (χ2n) is 9.47. The van der Waals surface area contributed by atoms with E-state index < -0.39 is 54.7 Å². The van der Waals surface area contributed by atoms with Crippen molar-refractivity contribution in [2.45, 2.75) is 68.2 Å². The summed E-state index contributed by atoms with van der Waals surface area (Å²) in [5, 5.41) is 32.2. The van der Waals surface area contributed by atoms with Gasteiger partial charge in [-0.25, -0.2) is 0 Å². The van der Waals surface area contributed by atoms with Gasteiger partial charge in [0.2, 0.25) is 6.79 Å². The molecule has 8 atom stereocenters. The van der Waals surface area contributed by atoms with Crippen LogP contribution in [-0.2, 0) is 35.1 Å². The number of hydrogen-bond donors (Lipinski definition) is 3. The lowest BCUT2D eigenvalue weighted by Crippen LogP contribution is -2.61. The molecule has 2 saturated heterocycles. The monoisotopic (exact) mass is 509 g/mol. The van der Waals surface area contributed by atoms with Crippen molar-refractivity contribution in [3.05, 3.63) is 23.3 Å². The van der Waals surface area contributed by atoms with Crippen LogP contribution in [-0.4, -0.2) is 109 Å². The van der Waals surface area contributed by atoms with E-state index in [9.17, 15) is 24.9 Å². The Kier molecular flexibility index (Phi) is 7.18. The summed E-state index contributed by atoms with van der Waals surface area (Å²) in [6, 6.07) is 3.56. The normalized spacial score (nSPS) is 36.2. The van der Waals surface area contributed by atoms with E-state index in [1.54, 1.807) is 12.1 Å². The van der Waals surface area contributed by atoms with Crippen LogP contribution >= 0.6 is 0 Å². The van der Waals surface area contributed by atoms with Gasteiger partial charge in [-0.1, -0.05) is 0 Å². The molecular formula is C24H31NO11. The van der Waals surface area contributed by atoms with Gasteiger partial charge in [-0.3, -0.25) is 9.59 Å². The minimum Gasteiger partial charge on any atom is -0.454 e. The van der Waals surface area contributed by atoms with Crippen LogP contribution in [0.4, 0.5) is 0 Å². The highest BCUT2D eigenvalue weighted by Gasteiger charge is 2.48. The lowest BCUT2D eigenvalue weighted by atomic mass is 9.86. The Morgan fingerprint density at radius 3 is 2.56 bits per heavy atom. The Morgan fingerprint density at radius 1 is 1.08 bits per heavy atom. The first-order valence-corrected chi connectivity index (χ1v) is 11.9. The zero-order chi connectivity index (χ0) is 25.6. The first-order valence-electron chi connectivity index (χ1n) is 11.9. The molecule has 1 amide bonds. The lowest BCUT2D eigenvalue weighted by Gasteiger charge is -2.43. The van der Waals surface area contributed by atoms with E-state index >= 15 is 0 Å². The summed E-state index contributed by atoms with van der Waals surface area (Å²) in [6.07, 6.45) is -8.94. The number of ether oxygens (including phenoxy) is 6. The molecule has 0 aromatic heterocycles. The molecule has 0 radical (unpaired) electrons. The summed E-state index contributed by atoms with van der Waals surface area (Å²) in [6.45, 7) is 0.575. The Hall–Kier alpha value is -2.32. The number of benzene rings is 1. The van der Waals surface area contributed by atoms with Crippen LogP contribution in [0.5, 0.6) is 11.5 Å². The quantitative estimate of drug-likeness (QED) is 0.451. The van der Waals surface area contributed by atoms with Gasteiger partial charge in [-0.15, -0.1) is 0 Å². The SMILES string of the molecule is COC[C@H]1O[C@@H](O[C@@H]2CC(=O)[C@H]3CCN(Cc4cc5c(cc43)OCO5)C(=O)[C@H]2O)[C@H](O)[C@@H](O)[C@@H]1OC. The Morgan fingerprint density at radius 2 is 1.83 bits per heavy atom. The number of carbonyl (C=O) groups excluding carboxylic acids is 2. The zero-order valence-corrected chi connectivity index (χ0v) is 20.1. The highest BCUT2D eigenvalue weighted by atomic mass is 16.7. The molecule has 3 N–H and O–H groups in total. The van der Waals surface area contributed by atoms with Gasteiger partial charge in [0.15, 0.2) is 23.9 Å². The van der Waals surface area contributed by atoms with Gasteiger partial charge < -0.3 is 48.6 Å². The van der Waals surface area contributed by atoms with Crippen LogP contribution in [0.1, 0.15) is 29.9 Å². The summed E-state index contributed by atoms with van der Waals surface area (Å²) in [5.74, 6) is -0.292. The summed E-state index contributed by atoms with van der Waals surface area (Å²) in [5.41, 5.74) is 1.51. The number of amides is 1. The molecule has 5 rings (SSSR count). The summed E-state index contributed by atoms with van der Waals surface area (Å²) in [4.78, 5) is 28.3.